The minimum absolute atomic E-state index is 0.0130. The summed E-state index contributed by atoms with van der Waals surface area (Å²) in [6, 6.07) is 6.16. The minimum Gasteiger partial charge on any atom is -0.351 e. The topological polar surface area (TPSA) is 75.5 Å². The van der Waals surface area contributed by atoms with E-state index in [9.17, 15) is 14.9 Å². The Morgan fingerprint density at radius 3 is 2.71 bits per heavy atom. The van der Waals surface area contributed by atoms with Gasteiger partial charge in [-0.25, -0.2) is 0 Å². The number of nitrogens with zero attached hydrogens (tertiary/aromatic N) is 2. The van der Waals surface area contributed by atoms with Gasteiger partial charge in [-0.15, -0.1) is 0 Å². The molecule has 21 heavy (non-hydrogen) atoms. The zero-order chi connectivity index (χ0) is 15.7. The van der Waals surface area contributed by atoms with E-state index in [1.54, 1.807) is 18.2 Å². The lowest BCUT2D eigenvalue weighted by atomic mass is 10.2. The molecule has 6 nitrogen and oxygen atoms in total. The predicted molar refractivity (Wildman–Crippen MR) is 82.9 cm³/mol. The molecule has 0 saturated heterocycles. The molecular weight excluding hydrogens is 270 g/mol. The minimum atomic E-state index is -0.457. The lowest BCUT2D eigenvalue weighted by molar-refractivity contribution is -0.384. The lowest BCUT2D eigenvalue weighted by Gasteiger charge is -2.17. The number of hydrogen-bond acceptors (Lipinski definition) is 4. The summed E-state index contributed by atoms with van der Waals surface area (Å²) in [6.45, 7) is 7.45. The summed E-state index contributed by atoms with van der Waals surface area (Å²) in [5.41, 5.74) is 0.641. The van der Waals surface area contributed by atoms with Crippen LogP contribution in [0.15, 0.2) is 30.3 Å². The molecule has 0 radical (unpaired) electrons. The van der Waals surface area contributed by atoms with Crippen LogP contribution < -0.4 is 5.32 Å². The second-order valence-corrected chi connectivity index (χ2v) is 4.50. The first-order chi connectivity index (χ1) is 10.1. The third-order valence-electron chi connectivity index (χ3n) is 3.13. The summed E-state index contributed by atoms with van der Waals surface area (Å²) in [7, 11) is 0. The Bertz CT molecular complexity index is 511. The Kier molecular flexibility index (Phi) is 7.11. The van der Waals surface area contributed by atoms with Gasteiger partial charge in [0.05, 0.1) is 4.92 Å². The molecule has 6 heteroatoms. The van der Waals surface area contributed by atoms with Crippen LogP contribution in [-0.2, 0) is 4.79 Å². The van der Waals surface area contributed by atoms with E-state index in [1.807, 2.05) is 0 Å². The molecule has 0 bridgehead atoms. The van der Waals surface area contributed by atoms with Crippen molar-refractivity contribution in [2.45, 2.75) is 13.8 Å². The van der Waals surface area contributed by atoms with Crippen LogP contribution >= 0.6 is 0 Å². The number of non-ortho nitro benzene ring substituents is 1. The SMILES string of the molecule is CCN(CC)CCNC(=O)C=Cc1cccc([N+](=O)[O-])c1. The zero-order valence-electron chi connectivity index (χ0n) is 12.4. The maximum atomic E-state index is 11.6. The van der Waals surface area contributed by atoms with Crippen LogP contribution in [0.25, 0.3) is 6.08 Å². The number of nitrogens with one attached hydrogen (secondary N) is 1. The van der Waals surface area contributed by atoms with E-state index in [0.29, 0.717) is 12.1 Å². The van der Waals surface area contributed by atoms with E-state index < -0.39 is 4.92 Å². The highest BCUT2D eigenvalue weighted by molar-refractivity contribution is 5.91. The highest BCUT2D eigenvalue weighted by Crippen LogP contribution is 2.13. The van der Waals surface area contributed by atoms with Crippen LogP contribution in [0, 0.1) is 10.1 Å². The van der Waals surface area contributed by atoms with Gasteiger partial charge in [0.25, 0.3) is 5.69 Å². The van der Waals surface area contributed by atoms with Gasteiger partial charge in [0.1, 0.15) is 0 Å². The molecule has 0 aromatic heterocycles. The first-order valence-electron chi connectivity index (χ1n) is 6.99. The van der Waals surface area contributed by atoms with Crippen molar-refractivity contribution in [1.82, 2.24) is 10.2 Å². The van der Waals surface area contributed by atoms with Gasteiger partial charge < -0.3 is 10.2 Å². The number of carbonyl (C=O) groups excluding carboxylic acids is 1. The van der Waals surface area contributed by atoms with Crippen LogP contribution in [0.3, 0.4) is 0 Å². The number of hydrogen-bond donors (Lipinski definition) is 1. The number of rotatable bonds is 8. The molecule has 1 N–H and O–H groups in total. The molecule has 0 heterocycles. The molecule has 1 amide bonds. The van der Waals surface area contributed by atoms with Crippen LogP contribution in [0.5, 0.6) is 0 Å². The molecule has 0 saturated carbocycles. The van der Waals surface area contributed by atoms with Crippen LogP contribution in [0.2, 0.25) is 0 Å². The fraction of sp³-hybridized carbons (Fsp3) is 0.400. The fourth-order valence-corrected chi connectivity index (χ4v) is 1.85. The van der Waals surface area contributed by atoms with E-state index in [2.05, 4.69) is 24.1 Å². The quantitative estimate of drug-likeness (QED) is 0.452. The molecule has 0 spiro atoms. The molecule has 0 aliphatic rings. The van der Waals surface area contributed by atoms with Crippen LogP contribution in [0.1, 0.15) is 19.4 Å². The molecule has 1 rings (SSSR count). The third kappa shape index (κ3) is 6.18. The van der Waals surface area contributed by atoms with Crippen molar-refractivity contribution >= 4 is 17.7 Å². The third-order valence-corrected chi connectivity index (χ3v) is 3.13. The number of nitro groups is 1. The van der Waals surface area contributed by atoms with E-state index in [0.717, 1.165) is 19.6 Å². The van der Waals surface area contributed by atoms with Crippen molar-refractivity contribution in [3.63, 3.8) is 0 Å². The summed E-state index contributed by atoms with van der Waals surface area (Å²) >= 11 is 0. The molecule has 1 aromatic rings. The van der Waals surface area contributed by atoms with Crippen molar-refractivity contribution in [1.29, 1.82) is 0 Å². The second kappa shape index (κ2) is 8.86. The molecule has 0 atom stereocenters. The summed E-state index contributed by atoms with van der Waals surface area (Å²) in [4.78, 5) is 24.0. The molecule has 1 aromatic carbocycles. The smallest absolute Gasteiger partial charge is 0.270 e. The van der Waals surface area contributed by atoms with E-state index in [1.165, 1.54) is 18.2 Å². The summed E-state index contributed by atoms with van der Waals surface area (Å²) in [5, 5.41) is 13.4. The number of benzene rings is 1. The highest BCUT2D eigenvalue weighted by atomic mass is 16.6. The van der Waals surface area contributed by atoms with E-state index in [4.69, 9.17) is 0 Å². The molecule has 0 unspecified atom stereocenters. The molecule has 0 aliphatic heterocycles. The van der Waals surface area contributed by atoms with Crippen molar-refractivity contribution in [2.24, 2.45) is 0 Å². The summed E-state index contributed by atoms with van der Waals surface area (Å²) < 4.78 is 0. The maximum Gasteiger partial charge on any atom is 0.270 e. The van der Waals surface area contributed by atoms with Crippen molar-refractivity contribution < 1.29 is 9.72 Å². The Labute approximate surface area is 124 Å². The lowest BCUT2D eigenvalue weighted by Crippen LogP contribution is -2.34. The average molecular weight is 291 g/mol. The average Bonchev–Trinajstić information content (AvgIpc) is 2.50. The number of amides is 1. The molecular formula is C15H21N3O3. The Hall–Kier alpha value is -2.21. The first kappa shape index (κ1) is 16.8. The molecule has 114 valence electrons. The van der Waals surface area contributed by atoms with E-state index in [-0.39, 0.29) is 11.6 Å². The normalized spacial score (nSPS) is 11.0. The Morgan fingerprint density at radius 2 is 2.10 bits per heavy atom. The van der Waals surface area contributed by atoms with Gasteiger partial charge in [-0.05, 0) is 24.7 Å². The monoisotopic (exact) mass is 291 g/mol. The van der Waals surface area contributed by atoms with Gasteiger partial charge in [-0.2, -0.15) is 0 Å². The van der Waals surface area contributed by atoms with Crippen molar-refractivity contribution in [3.05, 3.63) is 46.0 Å². The largest absolute Gasteiger partial charge is 0.351 e. The van der Waals surface area contributed by atoms with Crippen LogP contribution in [0.4, 0.5) is 5.69 Å². The number of likely N-dealkylation sites (N-methyl/N-ethyl adjacent to an activating group) is 1. The molecule has 0 fully saturated rings. The van der Waals surface area contributed by atoms with Crippen molar-refractivity contribution in [3.8, 4) is 0 Å². The van der Waals surface area contributed by atoms with Gasteiger partial charge in [0.2, 0.25) is 5.91 Å². The molecule has 0 aliphatic carbocycles. The Morgan fingerprint density at radius 1 is 1.38 bits per heavy atom. The number of carbonyl (C=O) groups is 1. The Balaban J connectivity index is 2.47. The zero-order valence-corrected chi connectivity index (χ0v) is 12.4. The van der Waals surface area contributed by atoms with Crippen molar-refractivity contribution in [2.75, 3.05) is 26.2 Å². The summed E-state index contributed by atoms with van der Waals surface area (Å²) in [6.07, 6.45) is 2.96. The van der Waals surface area contributed by atoms with Gasteiger partial charge in [-0.1, -0.05) is 26.0 Å². The predicted octanol–water partition coefficient (Wildman–Crippen LogP) is 2.07. The summed E-state index contributed by atoms with van der Waals surface area (Å²) in [5.74, 6) is -0.200. The van der Waals surface area contributed by atoms with Gasteiger partial charge in [0.15, 0.2) is 0 Å². The second-order valence-electron chi connectivity index (χ2n) is 4.50. The van der Waals surface area contributed by atoms with Gasteiger partial charge in [0, 0.05) is 31.3 Å². The maximum absolute atomic E-state index is 11.6. The fourth-order valence-electron chi connectivity index (χ4n) is 1.85. The highest BCUT2D eigenvalue weighted by Gasteiger charge is 2.04. The number of nitro benzene ring substituents is 1. The van der Waals surface area contributed by atoms with Gasteiger partial charge >= 0.3 is 0 Å². The first-order valence-corrected chi connectivity index (χ1v) is 6.99. The van der Waals surface area contributed by atoms with Crippen LogP contribution in [-0.4, -0.2) is 41.9 Å². The standard InChI is InChI=1S/C15H21N3O3/c1-3-17(4-2)11-10-16-15(19)9-8-13-6-5-7-14(12-13)18(20)21/h5-9,12H,3-4,10-11H2,1-2H3,(H,16,19). The van der Waals surface area contributed by atoms with Gasteiger partial charge in [-0.3, -0.25) is 14.9 Å². The van der Waals surface area contributed by atoms with E-state index >= 15 is 0 Å².